The van der Waals surface area contributed by atoms with E-state index in [9.17, 15) is 0 Å². The van der Waals surface area contributed by atoms with Gasteiger partial charge in [-0.15, -0.1) is 5.10 Å². The summed E-state index contributed by atoms with van der Waals surface area (Å²) in [4.78, 5) is 2.30. The molecule has 1 aromatic heterocycles. The summed E-state index contributed by atoms with van der Waals surface area (Å²) in [5, 5.41) is 16.5. The maximum Gasteiger partial charge on any atom is 0.162 e. The molecule has 110 valence electrons. The van der Waals surface area contributed by atoms with Crippen molar-refractivity contribution in [2.45, 2.75) is 53.0 Å². The molecule has 0 aliphatic heterocycles. The van der Waals surface area contributed by atoms with Gasteiger partial charge in [-0.3, -0.25) is 5.41 Å². The predicted octanol–water partition coefficient (Wildman–Crippen LogP) is 2.39. The van der Waals surface area contributed by atoms with Crippen molar-refractivity contribution >= 4 is 11.7 Å². The quantitative estimate of drug-likeness (QED) is 0.617. The molecule has 1 aliphatic rings. The molecule has 0 amide bonds. The van der Waals surface area contributed by atoms with Crippen LogP contribution in [0, 0.1) is 25.2 Å². The molecular formula is C15H25N5. The third-order valence-corrected chi connectivity index (χ3v) is 3.91. The van der Waals surface area contributed by atoms with Gasteiger partial charge in [-0.25, -0.2) is 0 Å². The molecule has 0 spiro atoms. The number of aryl methyl sites for hydroxylation is 1. The summed E-state index contributed by atoms with van der Waals surface area (Å²) >= 11 is 0. The molecule has 0 aromatic carbocycles. The van der Waals surface area contributed by atoms with E-state index >= 15 is 0 Å². The highest BCUT2D eigenvalue weighted by Crippen LogP contribution is 2.33. The largest absolute Gasteiger partial charge is 0.384 e. The first kappa shape index (κ1) is 14.8. The molecule has 1 aliphatic carbocycles. The zero-order valence-corrected chi connectivity index (χ0v) is 12.9. The smallest absolute Gasteiger partial charge is 0.162 e. The second kappa shape index (κ2) is 5.77. The van der Waals surface area contributed by atoms with Crippen LogP contribution in [0.1, 0.15) is 49.9 Å². The summed E-state index contributed by atoms with van der Waals surface area (Å²) in [7, 11) is 0. The first-order valence-corrected chi connectivity index (χ1v) is 7.36. The van der Waals surface area contributed by atoms with Crippen molar-refractivity contribution in [1.29, 1.82) is 5.41 Å². The molecule has 5 nitrogen and oxygen atoms in total. The van der Waals surface area contributed by atoms with Crippen molar-refractivity contribution in [2.75, 3.05) is 11.4 Å². The second-order valence-corrected chi connectivity index (χ2v) is 6.13. The van der Waals surface area contributed by atoms with Gasteiger partial charge in [0.25, 0.3) is 0 Å². The third-order valence-electron chi connectivity index (χ3n) is 3.91. The number of anilines is 1. The van der Waals surface area contributed by atoms with E-state index in [2.05, 4.69) is 28.9 Å². The summed E-state index contributed by atoms with van der Waals surface area (Å²) in [6.45, 7) is 9.29. The van der Waals surface area contributed by atoms with Gasteiger partial charge in [0.2, 0.25) is 0 Å². The maximum atomic E-state index is 7.87. The van der Waals surface area contributed by atoms with Gasteiger partial charge in [0.15, 0.2) is 5.82 Å². The number of nitrogens with one attached hydrogen (secondary N) is 1. The molecule has 3 N–H and O–H groups in total. The lowest BCUT2D eigenvalue weighted by molar-refractivity contribution is 0.567. The van der Waals surface area contributed by atoms with Crippen molar-refractivity contribution in [3.8, 4) is 0 Å². The first-order chi connectivity index (χ1) is 9.41. The van der Waals surface area contributed by atoms with Gasteiger partial charge in [0.05, 0.1) is 11.3 Å². The van der Waals surface area contributed by atoms with Crippen LogP contribution in [0.15, 0.2) is 0 Å². The van der Waals surface area contributed by atoms with Crippen LogP contribution in [0.2, 0.25) is 0 Å². The molecule has 0 unspecified atom stereocenters. The van der Waals surface area contributed by atoms with Crippen molar-refractivity contribution in [3.63, 3.8) is 0 Å². The summed E-state index contributed by atoms with van der Waals surface area (Å²) in [6.07, 6.45) is 3.51. The standard InChI is InChI=1S/C15H25N5/c1-9(2)7-8-20(12-5-6-12)15-13(14(16)17)10(3)11(4)18-19-15/h9,12H,5-8H2,1-4H3,(H3,16,17). The minimum atomic E-state index is 0.0886. The van der Waals surface area contributed by atoms with Gasteiger partial charge >= 0.3 is 0 Å². The average molecular weight is 275 g/mol. The van der Waals surface area contributed by atoms with Crippen LogP contribution in [0.25, 0.3) is 0 Å². The Labute approximate surface area is 121 Å². The Kier molecular flexibility index (Phi) is 4.26. The van der Waals surface area contributed by atoms with Gasteiger partial charge in [-0.2, -0.15) is 5.10 Å². The Morgan fingerprint density at radius 3 is 2.50 bits per heavy atom. The molecule has 1 aromatic rings. The minimum Gasteiger partial charge on any atom is -0.384 e. The molecule has 0 bridgehead atoms. The highest BCUT2D eigenvalue weighted by Gasteiger charge is 2.32. The van der Waals surface area contributed by atoms with E-state index in [1.165, 1.54) is 12.8 Å². The van der Waals surface area contributed by atoms with E-state index in [-0.39, 0.29) is 5.84 Å². The number of aromatic nitrogens is 2. The fourth-order valence-electron chi connectivity index (χ4n) is 2.36. The fraction of sp³-hybridized carbons (Fsp3) is 0.667. The second-order valence-electron chi connectivity index (χ2n) is 6.13. The van der Waals surface area contributed by atoms with Gasteiger partial charge < -0.3 is 10.6 Å². The lowest BCUT2D eigenvalue weighted by Crippen LogP contribution is -2.32. The number of hydrogen-bond donors (Lipinski definition) is 2. The monoisotopic (exact) mass is 275 g/mol. The van der Waals surface area contributed by atoms with Gasteiger partial charge in [-0.05, 0) is 44.6 Å². The van der Waals surface area contributed by atoms with Crippen LogP contribution >= 0.6 is 0 Å². The van der Waals surface area contributed by atoms with Crippen molar-refractivity contribution in [2.24, 2.45) is 11.7 Å². The van der Waals surface area contributed by atoms with Crippen molar-refractivity contribution in [3.05, 3.63) is 16.8 Å². The molecule has 20 heavy (non-hydrogen) atoms. The number of hydrogen-bond acceptors (Lipinski definition) is 4. The Morgan fingerprint density at radius 2 is 2.00 bits per heavy atom. The Morgan fingerprint density at radius 1 is 1.35 bits per heavy atom. The van der Waals surface area contributed by atoms with Gasteiger partial charge in [-0.1, -0.05) is 13.8 Å². The molecular weight excluding hydrogens is 250 g/mol. The highest BCUT2D eigenvalue weighted by atomic mass is 15.3. The number of rotatable bonds is 6. The lowest BCUT2D eigenvalue weighted by Gasteiger charge is -2.26. The molecule has 1 fully saturated rings. The molecule has 1 heterocycles. The Balaban J connectivity index is 2.37. The van der Waals surface area contributed by atoms with Crippen LogP contribution in [0.4, 0.5) is 5.82 Å². The summed E-state index contributed by atoms with van der Waals surface area (Å²) in [5.74, 6) is 1.53. The Bertz CT molecular complexity index is 505. The van der Waals surface area contributed by atoms with E-state index in [1.807, 2.05) is 13.8 Å². The molecule has 0 atom stereocenters. The molecule has 5 heteroatoms. The predicted molar refractivity (Wildman–Crippen MR) is 82.3 cm³/mol. The highest BCUT2D eigenvalue weighted by molar-refractivity contribution is 6.01. The molecule has 0 saturated heterocycles. The van der Waals surface area contributed by atoms with Crippen LogP contribution in [-0.2, 0) is 0 Å². The number of nitrogens with two attached hydrogens (primary N) is 1. The van der Waals surface area contributed by atoms with E-state index in [4.69, 9.17) is 11.1 Å². The zero-order chi connectivity index (χ0) is 14.9. The average Bonchev–Trinajstić information content (AvgIpc) is 3.17. The zero-order valence-electron chi connectivity index (χ0n) is 12.9. The topological polar surface area (TPSA) is 78.9 Å². The molecule has 0 radical (unpaired) electrons. The van der Waals surface area contributed by atoms with Gasteiger partial charge in [0.1, 0.15) is 5.84 Å². The minimum absolute atomic E-state index is 0.0886. The molecule has 1 saturated carbocycles. The number of nitrogens with zero attached hydrogens (tertiary/aromatic N) is 3. The summed E-state index contributed by atoms with van der Waals surface area (Å²) < 4.78 is 0. The fourth-order valence-corrected chi connectivity index (χ4v) is 2.36. The van der Waals surface area contributed by atoms with E-state index in [0.29, 0.717) is 12.0 Å². The number of amidine groups is 1. The van der Waals surface area contributed by atoms with E-state index in [0.717, 1.165) is 35.6 Å². The normalized spacial score (nSPS) is 14.7. The summed E-state index contributed by atoms with van der Waals surface area (Å²) in [6, 6.07) is 0.545. The maximum absolute atomic E-state index is 7.87. The van der Waals surface area contributed by atoms with Crippen LogP contribution in [-0.4, -0.2) is 28.6 Å². The van der Waals surface area contributed by atoms with E-state index in [1.54, 1.807) is 0 Å². The third kappa shape index (κ3) is 3.08. The van der Waals surface area contributed by atoms with Gasteiger partial charge in [0, 0.05) is 12.6 Å². The summed E-state index contributed by atoms with van der Waals surface area (Å²) in [5.41, 5.74) is 8.36. The van der Waals surface area contributed by atoms with Crippen LogP contribution in [0.5, 0.6) is 0 Å². The Hall–Kier alpha value is -1.65. The SMILES string of the molecule is Cc1nnc(N(CCC(C)C)C2CC2)c(C(=N)N)c1C. The van der Waals surface area contributed by atoms with Crippen LogP contribution in [0.3, 0.4) is 0 Å². The lowest BCUT2D eigenvalue weighted by atomic mass is 10.1. The first-order valence-electron chi connectivity index (χ1n) is 7.36. The molecule has 2 rings (SSSR count). The van der Waals surface area contributed by atoms with Crippen molar-refractivity contribution in [1.82, 2.24) is 10.2 Å². The van der Waals surface area contributed by atoms with E-state index < -0.39 is 0 Å². The number of nitrogen functional groups attached to an aromatic ring is 1. The van der Waals surface area contributed by atoms with Crippen molar-refractivity contribution < 1.29 is 0 Å². The van der Waals surface area contributed by atoms with Crippen LogP contribution < -0.4 is 10.6 Å².